The lowest BCUT2D eigenvalue weighted by atomic mass is 10.3. The van der Waals surface area contributed by atoms with Crippen LogP contribution in [0, 0.1) is 6.92 Å². The van der Waals surface area contributed by atoms with Gasteiger partial charge in [0.25, 0.3) is 5.78 Å². The van der Waals surface area contributed by atoms with Crippen molar-refractivity contribution < 1.29 is 9.53 Å². The van der Waals surface area contributed by atoms with Gasteiger partial charge in [-0.05, 0) is 13.2 Å². The summed E-state index contributed by atoms with van der Waals surface area (Å²) in [4.78, 5) is 15.5. The molecule has 0 saturated carbocycles. The molecule has 0 radical (unpaired) electrons. The first-order valence-electron chi connectivity index (χ1n) is 4.39. The molecule has 7 nitrogen and oxygen atoms in total. The minimum atomic E-state index is -0.534. The van der Waals surface area contributed by atoms with Gasteiger partial charge in [0.1, 0.15) is 0 Å². The first-order valence-corrected chi connectivity index (χ1v) is 5.62. The quantitative estimate of drug-likeness (QED) is 0.552. The van der Waals surface area contributed by atoms with Crippen molar-refractivity contribution in [3.63, 3.8) is 0 Å². The molecule has 2 aromatic rings. The van der Waals surface area contributed by atoms with Crippen LogP contribution in [0.5, 0.6) is 0 Å². The Morgan fingerprint density at radius 1 is 1.44 bits per heavy atom. The highest BCUT2D eigenvalue weighted by molar-refractivity contribution is 7.98. The van der Waals surface area contributed by atoms with Crippen LogP contribution in [0.2, 0.25) is 0 Å². The second kappa shape index (κ2) is 4.05. The highest BCUT2D eigenvalue weighted by Gasteiger charge is 2.17. The zero-order valence-corrected chi connectivity index (χ0v) is 9.78. The predicted molar refractivity (Wildman–Crippen MR) is 56.4 cm³/mol. The van der Waals surface area contributed by atoms with E-state index in [9.17, 15) is 4.79 Å². The highest BCUT2D eigenvalue weighted by atomic mass is 32.2. The van der Waals surface area contributed by atoms with Gasteiger partial charge in [-0.1, -0.05) is 11.8 Å². The lowest BCUT2D eigenvalue weighted by Crippen LogP contribution is -2.12. The molecular weight excluding hydrogens is 230 g/mol. The summed E-state index contributed by atoms with van der Waals surface area (Å²) in [5.74, 6) is -0.164. The van der Waals surface area contributed by atoms with E-state index in [4.69, 9.17) is 0 Å². The van der Waals surface area contributed by atoms with Crippen LogP contribution in [0.1, 0.15) is 16.2 Å². The van der Waals surface area contributed by atoms with Gasteiger partial charge in [-0.25, -0.2) is 4.79 Å². The fourth-order valence-corrected chi connectivity index (χ4v) is 1.55. The molecule has 0 bridgehead atoms. The molecule has 0 N–H and O–H groups in total. The molecule has 0 amide bonds. The van der Waals surface area contributed by atoms with Gasteiger partial charge in [0, 0.05) is 0 Å². The monoisotopic (exact) mass is 239 g/mol. The van der Waals surface area contributed by atoms with E-state index < -0.39 is 5.97 Å². The Labute approximate surface area is 95.2 Å². The number of carbonyl (C=O) groups excluding carboxylic acids is 1. The number of hydrogen-bond acceptors (Lipinski definition) is 7. The summed E-state index contributed by atoms with van der Waals surface area (Å²) in [6.07, 6.45) is 1.86. The number of thioether (sulfide) groups is 1. The number of fused-ring (bicyclic) bond motifs is 1. The van der Waals surface area contributed by atoms with Gasteiger partial charge in [0.2, 0.25) is 5.16 Å². The molecule has 0 aliphatic heterocycles. The average Bonchev–Trinajstić information content (AvgIpc) is 2.72. The molecule has 2 aromatic heterocycles. The molecule has 2 rings (SSSR count). The number of hydrogen-bond donors (Lipinski definition) is 0. The fraction of sp³-hybridized carbons (Fsp3) is 0.375. The van der Waals surface area contributed by atoms with Gasteiger partial charge >= 0.3 is 5.97 Å². The van der Waals surface area contributed by atoms with Crippen molar-refractivity contribution in [2.24, 2.45) is 0 Å². The third kappa shape index (κ3) is 1.60. The number of methoxy groups -OCH3 is 1. The van der Waals surface area contributed by atoms with Crippen molar-refractivity contribution in [3.05, 3.63) is 11.4 Å². The van der Waals surface area contributed by atoms with E-state index in [1.807, 2.05) is 6.26 Å². The van der Waals surface area contributed by atoms with E-state index in [0.717, 1.165) is 0 Å². The van der Waals surface area contributed by atoms with Crippen LogP contribution in [0.15, 0.2) is 5.16 Å². The van der Waals surface area contributed by atoms with Crippen LogP contribution in [-0.4, -0.2) is 44.1 Å². The number of nitrogens with zero attached hydrogens (tertiary/aromatic N) is 5. The van der Waals surface area contributed by atoms with E-state index >= 15 is 0 Å². The highest BCUT2D eigenvalue weighted by Crippen LogP contribution is 2.12. The van der Waals surface area contributed by atoms with Crippen LogP contribution in [0.3, 0.4) is 0 Å². The lowest BCUT2D eigenvalue weighted by molar-refractivity contribution is 0.0590. The van der Waals surface area contributed by atoms with Crippen LogP contribution in [-0.2, 0) is 4.74 Å². The molecule has 16 heavy (non-hydrogen) atoms. The van der Waals surface area contributed by atoms with Gasteiger partial charge < -0.3 is 4.74 Å². The third-order valence-corrected chi connectivity index (χ3v) is 2.57. The molecule has 0 spiro atoms. The maximum atomic E-state index is 11.4. The Kier molecular flexibility index (Phi) is 2.73. The average molecular weight is 239 g/mol. The molecule has 84 valence electrons. The molecule has 0 unspecified atom stereocenters. The second-order valence-electron chi connectivity index (χ2n) is 2.94. The fourth-order valence-electron chi connectivity index (χ4n) is 1.21. The predicted octanol–water partition coefficient (Wildman–Crippen LogP) is 0.336. The molecule has 0 aliphatic rings. The van der Waals surface area contributed by atoms with Gasteiger partial charge in [0.05, 0.1) is 12.8 Å². The van der Waals surface area contributed by atoms with Crippen molar-refractivity contribution in [1.29, 1.82) is 0 Å². The maximum Gasteiger partial charge on any atom is 0.360 e. The zero-order chi connectivity index (χ0) is 11.7. The van der Waals surface area contributed by atoms with Crippen molar-refractivity contribution in [3.8, 4) is 0 Å². The second-order valence-corrected chi connectivity index (χ2v) is 3.71. The van der Waals surface area contributed by atoms with Crippen molar-refractivity contribution >= 4 is 23.5 Å². The summed E-state index contributed by atoms with van der Waals surface area (Å²) in [7, 11) is 1.29. The summed E-state index contributed by atoms with van der Waals surface area (Å²) in [5.41, 5.74) is 0.706. The molecule has 0 fully saturated rings. The van der Waals surface area contributed by atoms with Crippen molar-refractivity contribution in [1.82, 2.24) is 24.8 Å². The Morgan fingerprint density at radius 2 is 2.19 bits per heavy atom. The summed E-state index contributed by atoms with van der Waals surface area (Å²) >= 11 is 1.40. The summed E-state index contributed by atoms with van der Waals surface area (Å²) < 4.78 is 6.07. The van der Waals surface area contributed by atoms with E-state index in [-0.39, 0.29) is 5.69 Å². The van der Waals surface area contributed by atoms with Gasteiger partial charge in [-0.3, -0.25) is 0 Å². The standard InChI is InChI=1S/C8H9N5O2S/c1-4-5(6(14)15-2)10-11-7-9-8(16-3)12-13(4)7/h1-3H3. The molecule has 0 aliphatic carbocycles. The van der Waals surface area contributed by atoms with Gasteiger partial charge in [0.15, 0.2) is 5.69 Å². The van der Waals surface area contributed by atoms with E-state index in [1.165, 1.54) is 23.4 Å². The molecule has 8 heteroatoms. The zero-order valence-electron chi connectivity index (χ0n) is 8.96. The normalized spacial score (nSPS) is 10.7. The van der Waals surface area contributed by atoms with Crippen LogP contribution < -0.4 is 0 Å². The van der Waals surface area contributed by atoms with Crippen LogP contribution in [0.25, 0.3) is 5.78 Å². The van der Waals surface area contributed by atoms with Gasteiger partial charge in [-0.2, -0.15) is 9.50 Å². The minimum absolute atomic E-state index is 0.146. The number of aryl methyl sites for hydroxylation is 1. The molecule has 0 aromatic carbocycles. The largest absolute Gasteiger partial charge is 0.464 e. The van der Waals surface area contributed by atoms with Crippen LogP contribution in [0.4, 0.5) is 0 Å². The third-order valence-electron chi connectivity index (χ3n) is 2.03. The van der Waals surface area contributed by atoms with Crippen molar-refractivity contribution in [2.75, 3.05) is 13.4 Å². The first kappa shape index (κ1) is 10.8. The minimum Gasteiger partial charge on any atom is -0.464 e. The van der Waals surface area contributed by atoms with Gasteiger partial charge in [-0.15, -0.1) is 15.3 Å². The van der Waals surface area contributed by atoms with E-state index in [0.29, 0.717) is 16.6 Å². The molecule has 0 saturated heterocycles. The Balaban J connectivity index is 2.64. The summed E-state index contributed by atoms with van der Waals surface area (Å²) in [5, 5.41) is 12.3. The van der Waals surface area contributed by atoms with Crippen molar-refractivity contribution in [2.45, 2.75) is 12.1 Å². The SMILES string of the molecule is COC(=O)c1nnc2nc(SC)nn2c1C. The molecule has 0 atom stereocenters. The van der Waals surface area contributed by atoms with Crippen LogP contribution >= 0.6 is 11.8 Å². The Bertz CT molecular complexity index is 553. The number of aromatic nitrogens is 5. The molecular formula is C8H9N5O2S. The number of ether oxygens (including phenoxy) is 1. The Morgan fingerprint density at radius 3 is 2.81 bits per heavy atom. The number of rotatable bonds is 2. The van der Waals surface area contributed by atoms with E-state index in [2.05, 4.69) is 25.0 Å². The van der Waals surface area contributed by atoms with E-state index in [1.54, 1.807) is 6.92 Å². The first-order chi connectivity index (χ1) is 7.67. The smallest absolute Gasteiger partial charge is 0.360 e. The lowest BCUT2D eigenvalue weighted by Gasteiger charge is -2.01. The topological polar surface area (TPSA) is 82.3 Å². The maximum absolute atomic E-state index is 11.4. The summed E-state index contributed by atoms with van der Waals surface area (Å²) in [6.45, 7) is 1.72. The molecule has 2 heterocycles. The summed E-state index contributed by atoms with van der Waals surface area (Å²) in [6, 6.07) is 0. The number of carbonyl (C=O) groups is 1. The number of esters is 1. The Hall–Kier alpha value is -1.70.